The fourth-order valence-corrected chi connectivity index (χ4v) is 3.21. The quantitative estimate of drug-likeness (QED) is 0.0577. The van der Waals surface area contributed by atoms with Crippen molar-refractivity contribution < 1.29 is 34.3 Å². The molecule has 0 aliphatic carbocycles. The molecule has 166 valence electrons. The average molecular weight is 423 g/mol. The Kier molecular flexibility index (Phi) is 20.3. The van der Waals surface area contributed by atoms with Gasteiger partial charge in [0, 0.05) is 6.42 Å². The molecule has 0 saturated heterocycles. The van der Waals surface area contributed by atoms with E-state index in [2.05, 4.69) is 28.1 Å². The van der Waals surface area contributed by atoms with Gasteiger partial charge in [-0.25, -0.2) is 10.5 Å². The molecule has 7 nitrogen and oxygen atoms in total. The topological polar surface area (TPSA) is 94.5 Å². The van der Waals surface area contributed by atoms with Crippen molar-refractivity contribution in [3.8, 4) is 0 Å². The van der Waals surface area contributed by atoms with Gasteiger partial charge in [0.1, 0.15) is 5.76 Å². The second-order valence-corrected chi connectivity index (χ2v) is 7.67. The first kappa shape index (κ1) is 27.2. The van der Waals surface area contributed by atoms with Crippen LogP contribution in [0.4, 0.5) is 0 Å². The Balaban J connectivity index is 4.33. The van der Waals surface area contributed by atoms with Gasteiger partial charge in [-0.2, -0.15) is 0 Å². The lowest BCUT2D eigenvalue weighted by Crippen LogP contribution is -2.20. The third kappa shape index (κ3) is 16.2. The van der Waals surface area contributed by atoms with E-state index in [-0.39, 0.29) is 5.76 Å². The van der Waals surface area contributed by atoms with Crippen LogP contribution in [-0.2, 0) is 23.8 Å². The van der Waals surface area contributed by atoms with E-state index in [4.69, 9.17) is 15.3 Å². The summed E-state index contributed by atoms with van der Waals surface area (Å²) in [7, 11) is 0. The molecule has 0 spiro atoms. The summed E-state index contributed by atoms with van der Waals surface area (Å²) in [6.45, 7) is 4.66. The number of hydrogen-bond acceptors (Lipinski definition) is 8. The van der Waals surface area contributed by atoms with Crippen LogP contribution >= 0.6 is 12.0 Å². The van der Waals surface area contributed by atoms with Crippen LogP contribution in [0.5, 0.6) is 0 Å². The number of allylic oxidation sites excluding steroid dienone is 1. The number of carbonyl (C=O) groups excluding carboxylic acids is 1. The largest absolute Gasteiger partial charge is 0.465 e. The summed E-state index contributed by atoms with van der Waals surface area (Å²) in [6.07, 6.45) is 15.1. The van der Waals surface area contributed by atoms with Crippen molar-refractivity contribution in [3.63, 3.8) is 0 Å². The van der Waals surface area contributed by atoms with Crippen molar-refractivity contribution in [1.29, 1.82) is 0 Å². The van der Waals surface area contributed by atoms with Gasteiger partial charge in [-0.05, 0) is 18.9 Å². The van der Waals surface area contributed by atoms with E-state index in [9.17, 15) is 4.79 Å². The van der Waals surface area contributed by atoms with Gasteiger partial charge in [0.05, 0.1) is 18.6 Å². The van der Waals surface area contributed by atoms with Crippen molar-refractivity contribution in [1.82, 2.24) is 0 Å². The number of rotatable bonds is 20. The van der Waals surface area contributed by atoms with E-state index in [1.54, 1.807) is 0 Å². The fraction of sp³-hybridized carbons (Fsp3) is 0.850. The SMILES string of the molecule is CCCCCCCCOC(=O)C(/C=C(/CCCCCCCC)OO)SOOO. The lowest BCUT2D eigenvalue weighted by Gasteiger charge is -2.12. The molecule has 8 heteroatoms. The van der Waals surface area contributed by atoms with E-state index >= 15 is 0 Å². The second kappa shape index (κ2) is 20.9. The molecule has 0 aromatic rings. The second-order valence-electron chi connectivity index (χ2n) is 6.84. The zero-order valence-electron chi connectivity index (χ0n) is 17.4. The molecule has 0 rings (SSSR count). The van der Waals surface area contributed by atoms with Gasteiger partial charge in [-0.15, -0.1) is 4.33 Å². The number of esters is 1. The van der Waals surface area contributed by atoms with Crippen molar-refractivity contribution in [2.75, 3.05) is 6.61 Å². The maximum atomic E-state index is 12.2. The summed E-state index contributed by atoms with van der Waals surface area (Å²) in [5.74, 6) is -0.265. The molecule has 1 atom stereocenters. The first-order valence-electron chi connectivity index (χ1n) is 10.5. The van der Waals surface area contributed by atoms with E-state index in [1.807, 2.05) is 0 Å². The number of ether oxygens (including phenoxy) is 1. The molecule has 0 aliphatic rings. The molecule has 0 radical (unpaired) electrons. The van der Waals surface area contributed by atoms with Gasteiger partial charge in [-0.3, -0.25) is 4.79 Å². The first-order chi connectivity index (χ1) is 13.7. The highest BCUT2D eigenvalue weighted by Crippen LogP contribution is 2.21. The lowest BCUT2D eigenvalue weighted by molar-refractivity contribution is -0.432. The Morgan fingerprint density at radius 3 is 2.04 bits per heavy atom. The van der Waals surface area contributed by atoms with Crippen LogP contribution in [0.3, 0.4) is 0 Å². The molecule has 28 heavy (non-hydrogen) atoms. The van der Waals surface area contributed by atoms with E-state index in [0.717, 1.165) is 38.5 Å². The Bertz CT molecular complexity index is 391. The van der Waals surface area contributed by atoms with Crippen molar-refractivity contribution in [3.05, 3.63) is 11.8 Å². The predicted octanol–water partition coefficient (Wildman–Crippen LogP) is 6.45. The third-order valence-corrected chi connectivity index (χ3v) is 5.05. The van der Waals surface area contributed by atoms with Gasteiger partial charge in [0.25, 0.3) is 0 Å². The summed E-state index contributed by atoms with van der Waals surface area (Å²) in [5.41, 5.74) is 0. The van der Waals surface area contributed by atoms with Gasteiger partial charge < -0.3 is 9.62 Å². The molecule has 0 heterocycles. The van der Waals surface area contributed by atoms with Gasteiger partial charge in [0.2, 0.25) is 0 Å². The number of carbonyl (C=O) groups is 1. The average Bonchev–Trinajstić information content (AvgIpc) is 2.71. The molecule has 0 aromatic carbocycles. The van der Waals surface area contributed by atoms with Crippen molar-refractivity contribution in [2.24, 2.45) is 0 Å². The van der Waals surface area contributed by atoms with Crippen LogP contribution in [-0.4, -0.2) is 28.3 Å². The van der Waals surface area contributed by atoms with Crippen molar-refractivity contribution in [2.45, 2.75) is 103 Å². The molecule has 0 bridgehead atoms. The molecule has 0 fully saturated rings. The highest BCUT2D eigenvalue weighted by atomic mass is 32.2. The van der Waals surface area contributed by atoms with Gasteiger partial charge >= 0.3 is 5.97 Å². The highest BCUT2D eigenvalue weighted by Gasteiger charge is 2.22. The van der Waals surface area contributed by atoms with E-state index in [0.29, 0.717) is 25.1 Å². The summed E-state index contributed by atoms with van der Waals surface area (Å²) in [5, 5.41) is 20.1. The Hall–Kier alpha value is -0.800. The molecule has 2 N–H and O–H groups in total. The Morgan fingerprint density at radius 1 is 0.893 bits per heavy atom. The summed E-state index contributed by atoms with van der Waals surface area (Å²) < 4.78 is 9.66. The maximum Gasteiger partial charge on any atom is 0.325 e. The fourth-order valence-electron chi connectivity index (χ4n) is 2.74. The van der Waals surface area contributed by atoms with Gasteiger partial charge in [-0.1, -0.05) is 83.1 Å². The smallest absolute Gasteiger partial charge is 0.325 e. The summed E-state index contributed by atoms with van der Waals surface area (Å²) in [6, 6.07) is 0. The molecule has 0 aromatic heterocycles. The Morgan fingerprint density at radius 2 is 1.46 bits per heavy atom. The van der Waals surface area contributed by atoms with Crippen LogP contribution in [0.2, 0.25) is 0 Å². The minimum absolute atomic E-state index is 0.269. The summed E-state index contributed by atoms with van der Waals surface area (Å²) in [4.78, 5) is 16.6. The number of hydrogen-bond donors (Lipinski definition) is 2. The van der Waals surface area contributed by atoms with Crippen LogP contribution in [0, 0.1) is 0 Å². The zero-order valence-corrected chi connectivity index (χ0v) is 18.2. The highest BCUT2D eigenvalue weighted by molar-refractivity contribution is 7.96. The van der Waals surface area contributed by atoms with Crippen LogP contribution in [0.1, 0.15) is 97.3 Å². The molecule has 1 unspecified atom stereocenters. The zero-order chi connectivity index (χ0) is 20.9. The van der Waals surface area contributed by atoms with E-state index in [1.165, 1.54) is 44.6 Å². The molecular formula is C20H38O7S. The summed E-state index contributed by atoms with van der Waals surface area (Å²) >= 11 is 0.584. The van der Waals surface area contributed by atoms with E-state index < -0.39 is 11.2 Å². The third-order valence-electron chi connectivity index (χ3n) is 4.38. The monoisotopic (exact) mass is 422 g/mol. The number of unbranched alkanes of at least 4 members (excludes halogenated alkanes) is 10. The Labute approximate surface area is 173 Å². The minimum Gasteiger partial charge on any atom is -0.465 e. The van der Waals surface area contributed by atoms with Gasteiger partial charge in [0.15, 0.2) is 5.25 Å². The minimum atomic E-state index is -0.908. The molecule has 0 saturated carbocycles. The molecule has 0 amide bonds. The van der Waals surface area contributed by atoms with Crippen molar-refractivity contribution >= 4 is 18.0 Å². The predicted molar refractivity (Wildman–Crippen MR) is 110 cm³/mol. The van der Waals surface area contributed by atoms with Crippen LogP contribution < -0.4 is 0 Å². The standard InChI is InChI=1S/C20H38O7S/c1-3-5-7-9-11-13-15-18(25-22)17-19(28-27-26-23)20(21)24-16-14-12-10-8-6-4-2/h17,19,22-23H,3-16H2,1-2H3/b18-17-. The van der Waals surface area contributed by atoms with Crippen LogP contribution in [0.25, 0.3) is 0 Å². The molecular weight excluding hydrogens is 384 g/mol. The first-order valence-corrected chi connectivity index (χ1v) is 11.3. The normalized spacial score (nSPS) is 12.8. The van der Waals surface area contributed by atoms with Crippen LogP contribution in [0.15, 0.2) is 11.8 Å². The molecule has 0 aliphatic heterocycles. The maximum absolute atomic E-state index is 12.2. The lowest BCUT2D eigenvalue weighted by atomic mass is 10.1.